The molecule has 3 heterocycles. The van der Waals surface area contributed by atoms with E-state index in [9.17, 15) is 19.5 Å². The van der Waals surface area contributed by atoms with Crippen molar-refractivity contribution in [3.8, 4) is 5.75 Å². The molecule has 1 aromatic heterocycles. The van der Waals surface area contributed by atoms with Gasteiger partial charge in [-0.25, -0.2) is 13.6 Å². The van der Waals surface area contributed by atoms with E-state index in [4.69, 9.17) is 4.74 Å². The predicted octanol–water partition coefficient (Wildman–Crippen LogP) is 2.40. The average molecular weight is 571 g/mol. The molecular formula is C28H32F2N6O5. The minimum absolute atomic E-state index is 0.0147. The lowest BCUT2D eigenvalue weighted by atomic mass is 10.0. The van der Waals surface area contributed by atoms with Crippen LogP contribution in [-0.2, 0) is 4.79 Å². The number of nitrogens with one attached hydrogen (secondary N) is 2. The molecule has 13 heteroatoms. The van der Waals surface area contributed by atoms with Crippen molar-refractivity contribution in [1.82, 2.24) is 9.99 Å². The largest absolute Gasteiger partial charge is 0.477 e. The molecule has 2 aliphatic heterocycles. The van der Waals surface area contributed by atoms with Gasteiger partial charge >= 0.3 is 5.97 Å². The summed E-state index contributed by atoms with van der Waals surface area (Å²) >= 11 is 0. The lowest BCUT2D eigenvalue weighted by molar-refractivity contribution is -0.118. The van der Waals surface area contributed by atoms with Gasteiger partial charge in [-0.15, -0.1) is 0 Å². The number of carboxylic acids is 1. The number of piperazine rings is 1. The Kier molecular flexibility index (Phi) is 7.47. The van der Waals surface area contributed by atoms with Gasteiger partial charge < -0.3 is 30.3 Å². The fourth-order valence-corrected chi connectivity index (χ4v) is 5.47. The summed E-state index contributed by atoms with van der Waals surface area (Å²) in [7, 11) is 3.36. The highest BCUT2D eigenvalue weighted by molar-refractivity contribution is 5.97. The van der Waals surface area contributed by atoms with Crippen molar-refractivity contribution in [1.29, 1.82) is 0 Å². The third-order valence-corrected chi connectivity index (χ3v) is 7.56. The molecule has 1 amide bonds. The molecule has 1 atom stereocenters. The van der Waals surface area contributed by atoms with Crippen LogP contribution in [0.15, 0.2) is 35.3 Å². The van der Waals surface area contributed by atoms with E-state index in [-0.39, 0.29) is 40.9 Å². The molecule has 0 bridgehead atoms. The Morgan fingerprint density at radius 2 is 1.73 bits per heavy atom. The molecule has 2 aliphatic rings. The topological polar surface area (TPSA) is 119 Å². The fraction of sp³-hybridized carbons (Fsp3) is 0.393. The van der Waals surface area contributed by atoms with E-state index in [2.05, 4.69) is 10.6 Å². The Labute approximate surface area is 234 Å². The molecule has 3 N–H and O–H groups in total. The number of halogens is 2. The molecule has 11 nitrogen and oxygen atoms in total. The van der Waals surface area contributed by atoms with Gasteiger partial charge in [0.25, 0.3) is 0 Å². The summed E-state index contributed by atoms with van der Waals surface area (Å²) in [6, 6.07) is 5.19. The summed E-state index contributed by atoms with van der Waals surface area (Å²) in [5.41, 5.74) is -0.0805. The molecule has 0 saturated carbocycles. The molecule has 2 aromatic carbocycles. The number of benzene rings is 2. The Morgan fingerprint density at radius 1 is 1.05 bits per heavy atom. The molecule has 5 rings (SSSR count). The van der Waals surface area contributed by atoms with Crippen molar-refractivity contribution in [3.05, 3.63) is 57.9 Å². The van der Waals surface area contributed by atoms with Gasteiger partial charge in [0.05, 0.1) is 17.1 Å². The zero-order chi connectivity index (χ0) is 29.6. The molecule has 41 heavy (non-hydrogen) atoms. The third-order valence-electron chi connectivity index (χ3n) is 7.56. The smallest absolute Gasteiger partial charge is 0.341 e. The quantitative estimate of drug-likeness (QED) is 0.394. The van der Waals surface area contributed by atoms with Crippen LogP contribution in [0, 0.1) is 17.6 Å². The normalized spacial score (nSPS) is 15.7. The average Bonchev–Trinajstić information content (AvgIpc) is 2.92. The van der Waals surface area contributed by atoms with Gasteiger partial charge in [-0.3, -0.25) is 19.3 Å². The number of rotatable bonds is 7. The summed E-state index contributed by atoms with van der Waals surface area (Å²) in [4.78, 5) is 40.6. The molecule has 218 valence electrons. The van der Waals surface area contributed by atoms with Crippen LogP contribution in [0.3, 0.4) is 0 Å². The predicted molar refractivity (Wildman–Crippen MR) is 152 cm³/mol. The van der Waals surface area contributed by atoms with Crippen LogP contribution < -0.4 is 35.6 Å². The number of likely N-dealkylation sites (N-methyl/N-ethyl adjacent to an activating group) is 1. The minimum atomic E-state index is -1.40. The first kappa shape index (κ1) is 28.1. The van der Waals surface area contributed by atoms with Gasteiger partial charge in [-0.2, -0.15) is 0 Å². The number of carboxylic acid groups (broad SMARTS) is 1. The number of amides is 1. The van der Waals surface area contributed by atoms with Crippen molar-refractivity contribution in [2.75, 3.05) is 67.1 Å². The van der Waals surface area contributed by atoms with Crippen LogP contribution in [0.25, 0.3) is 10.9 Å². The number of aromatic carboxylic acids is 1. The van der Waals surface area contributed by atoms with E-state index in [1.807, 2.05) is 18.7 Å². The number of aromatic nitrogens is 1. The van der Waals surface area contributed by atoms with E-state index in [0.29, 0.717) is 37.6 Å². The molecule has 3 aromatic rings. The van der Waals surface area contributed by atoms with Crippen LogP contribution in [0.1, 0.15) is 24.2 Å². The third kappa shape index (κ3) is 5.01. The first-order valence-electron chi connectivity index (χ1n) is 13.3. The van der Waals surface area contributed by atoms with Gasteiger partial charge in [0.15, 0.2) is 18.3 Å². The van der Waals surface area contributed by atoms with Crippen molar-refractivity contribution in [3.63, 3.8) is 0 Å². The zero-order valence-corrected chi connectivity index (χ0v) is 23.2. The Hall–Kier alpha value is -4.39. The number of pyridine rings is 1. The minimum Gasteiger partial charge on any atom is -0.477 e. The Bertz CT molecular complexity index is 1580. The van der Waals surface area contributed by atoms with Gasteiger partial charge in [-0.05, 0) is 37.2 Å². The summed E-state index contributed by atoms with van der Waals surface area (Å²) in [5.74, 6) is -2.62. The lowest BCUT2D eigenvalue weighted by Crippen LogP contribution is -2.48. The number of carbonyl (C=O) groups excluding carboxylic acids is 1. The second-order valence-corrected chi connectivity index (χ2v) is 10.5. The molecule has 0 radical (unpaired) electrons. The van der Waals surface area contributed by atoms with Crippen molar-refractivity contribution >= 4 is 39.8 Å². The summed E-state index contributed by atoms with van der Waals surface area (Å²) in [6.45, 7) is 5.27. The monoisotopic (exact) mass is 570 g/mol. The van der Waals surface area contributed by atoms with Crippen molar-refractivity contribution in [2.45, 2.75) is 19.9 Å². The first-order valence-corrected chi connectivity index (χ1v) is 13.3. The van der Waals surface area contributed by atoms with Crippen LogP contribution in [0.4, 0.5) is 25.8 Å². The highest BCUT2D eigenvalue weighted by Crippen LogP contribution is 2.40. The summed E-state index contributed by atoms with van der Waals surface area (Å²) in [6.07, 6.45) is 1.22. The second-order valence-electron chi connectivity index (χ2n) is 10.5. The van der Waals surface area contributed by atoms with Gasteiger partial charge in [0.2, 0.25) is 11.3 Å². The lowest BCUT2D eigenvalue weighted by Gasteiger charge is -2.39. The number of nitrogens with zero attached hydrogens (tertiary/aromatic N) is 4. The number of ether oxygens (including phenoxy) is 1. The van der Waals surface area contributed by atoms with Gasteiger partial charge in [0, 0.05) is 45.1 Å². The maximum Gasteiger partial charge on any atom is 0.341 e. The number of anilines is 3. The van der Waals surface area contributed by atoms with Gasteiger partial charge in [0.1, 0.15) is 22.6 Å². The van der Waals surface area contributed by atoms with E-state index in [1.165, 1.54) is 16.9 Å². The van der Waals surface area contributed by atoms with E-state index < -0.39 is 34.6 Å². The maximum atomic E-state index is 15.5. The van der Waals surface area contributed by atoms with E-state index >= 15 is 8.78 Å². The Balaban J connectivity index is 1.38. The highest BCUT2D eigenvalue weighted by Gasteiger charge is 2.31. The molecule has 1 fully saturated rings. The van der Waals surface area contributed by atoms with Gasteiger partial charge in [-0.1, -0.05) is 13.8 Å². The van der Waals surface area contributed by atoms with Crippen molar-refractivity contribution in [2.24, 2.45) is 5.92 Å². The fourth-order valence-electron chi connectivity index (χ4n) is 5.47. The molecule has 0 spiro atoms. The number of carbonyl (C=O) groups is 2. The standard InChI is InChI=1S/C28H32F2N6O5/c1-15(2)22(31-3)27(38)32-16-5-6-21(19(29)11-16)34-7-9-35(10-8-34)24-20(30)12-17-23-26(24)41-14-33(4)36(23)13-18(25(17)37)28(39)40/h5-6,11-13,15,22,31H,7-10,14H2,1-4H3,(H,32,38)(H,39,40)/t22-/m1/s1. The highest BCUT2D eigenvalue weighted by atomic mass is 19.1. The zero-order valence-electron chi connectivity index (χ0n) is 23.2. The number of hydrogen-bond donors (Lipinski definition) is 3. The first-order chi connectivity index (χ1) is 19.5. The van der Waals surface area contributed by atoms with E-state index in [0.717, 1.165) is 6.07 Å². The summed E-state index contributed by atoms with van der Waals surface area (Å²) < 4.78 is 38.0. The number of hydrogen-bond acceptors (Lipinski definition) is 8. The Morgan fingerprint density at radius 3 is 2.34 bits per heavy atom. The van der Waals surface area contributed by atoms with Crippen LogP contribution in [0.5, 0.6) is 5.75 Å². The van der Waals surface area contributed by atoms with Crippen LogP contribution >= 0.6 is 0 Å². The second kappa shape index (κ2) is 10.9. The van der Waals surface area contributed by atoms with Crippen LogP contribution in [-0.4, -0.2) is 74.7 Å². The van der Waals surface area contributed by atoms with Crippen LogP contribution in [0.2, 0.25) is 0 Å². The maximum absolute atomic E-state index is 15.5. The molecule has 0 unspecified atom stereocenters. The SMILES string of the molecule is CN[C@@H](C(=O)Nc1ccc(N2CCN(c3c(F)cc4c(=O)c(C(=O)O)cn5c4c3OCN5C)CC2)c(F)c1)C(C)C. The molecular weight excluding hydrogens is 538 g/mol. The molecule has 1 saturated heterocycles. The van der Waals surface area contributed by atoms with E-state index in [1.54, 1.807) is 36.1 Å². The summed E-state index contributed by atoms with van der Waals surface area (Å²) in [5, 5.41) is 16.7. The van der Waals surface area contributed by atoms with Crippen molar-refractivity contribution < 1.29 is 28.2 Å². The molecule has 0 aliphatic carbocycles.